The number of carbonyl (C=O) groups is 1. The van der Waals surface area contributed by atoms with E-state index in [1.54, 1.807) is 24.3 Å². The summed E-state index contributed by atoms with van der Waals surface area (Å²) in [6.07, 6.45) is 3.38. The molecule has 10 heteroatoms. The minimum Gasteiger partial charge on any atom is -0.352 e. The summed E-state index contributed by atoms with van der Waals surface area (Å²) in [7, 11) is -3.56. The molecule has 3 aromatic rings. The molecule has 0 aliphatic carbocycles. The highest BCUT2D eigenvalue weighted by Gasteiger charge is 2.28. The number of hydrogen-bond acceptors (Lipinski definition) is 6. The summed E-state index contributed by atoms with van der Waals surface area (Å²) in [5.41, 5.74) is 1.45. The Balaban J connectivity index is 1.70. The average molecular weight is 484 g/mol. The van der Waals surface area contributed by atoms with E-state index in [1.165, 1.54) is 16.1 Å². The van der Waals surface area contributed by atoms with Gasteiger partial charge in [0.25, 0.3) is 0 Å². The van der Waals surface area contributed by atoms with E-state index in [0.29, 0.717) is 36.2 Å². The Morgan fingerprint density at radius 2 is 1.85 bits per heavy atom. The van der Waals surface area contributed by atoms with E-state index in [0.717, 1.165) is 18.5 Å². The lowest BCUT2D eigenvalue weighted by molar-refractivity contribution is -0.118. The van der Waals surface area contributed by atoms with E-state index in [2.05, 4.69) is 22.1 Å². The van der Waals surface area contributed by atoms with Gasteiger partial charge in [0.1, 0.15) is 0 Å². The first-order valence-electron chi connectivity index (χ1n) is 10.6. The third-order valence-corrected chi connectivity index (χ3v) is 8.04. The molecule has 1 aliphatic heterocycles. The van der Waals surface area contributed by atoms with E-state index in [9.17, 15) is 13.2 Å². The van der Waals surface area contributed by atoms with Crippen molar-refractivity contribution in [1.29, 1.82) is 0 Å². The van der Waals surface area contributed by atoms with E-state index >= 15 is 0 Å². The lowest BCUT2D eigenvalue weighted by atomic mass is 10.2. The van der Waals surface area contributed by atoms with Crippen LogP contribution in [0.1, 0.15) is 12.8 Å². The Hall–Kier alpha value is -2.95. The van der Waals surface area contributed by atoms with Gasteiger partial charge >= 0.3 is 0 Å². The van der Waals surface area contributed by atoms with Crippen molar-refractivity contribution in [2.24, 2.45) is 0 Å². The maximum Gasteiger partial charge on any atom is 0.243 e. The van der Waals surface area contributed by atoms with Crippen LogP contribution < -0.4 is 5.32 Å². The Bertz CT molecular complexity index is 1240. The van der Waals surface area contributed by atoms with Gasteiger partial charge in [-0.25, -0.2) is 8.42 Å². The van der Waals surface area contributed by atoms with Crippen LogP contribution in [0.15, 0.2) is 77.3 Å². The van der Waals surface area contributed by atoms with Crippen LogP contribution in [-0.4, -0.2) is 58.8 Å². The molecule has 172 valence electrons. The van der Waals surface area contributed by atoms with E-state index < -0.39 is 10.0 Å². The van der Waals surface area contributed by atoms with Crippen LogP contribution in [0.4, 0.5) is 0 Å². The van der Waals surface area contributed by atoms with Gasteiger partial charge in [-0.3, -0.25) is 9.36 Å². The van der Waals surface area contributed by atoms with Crippen molar-refractivity contribution in [3.63, 3.8) is 0 Å². The first-order valence-corrected chi connectivity index (χ1v) is 13.0. The highest BCUT2D eigenvalue weighted by molar-refractivity contribution is 7.99. The first-order chi connectivity index (χ1) is 16.0. The maximum atomic E-state index is 13.1. The summed E-state index contributed by atoms with van der Waals surface area (Å²) in [5.74, 6) is 0.541. The number of nitrogens with zero attached hydrogens (tertiary/aromatic N) is 4. The molecule has 4 rings (SSSR count). The molecule has 1 N–H and O–H groups in total. The number of hydrogen-bond donors (Lipinski definition) is 1. The molecule has 0 radical (unpaired) electrons. The molecule has 2 heterocycles. The number of para-hydroxylation sites is 1. The summed E-state index contributed by atoms with van der Waals surface area (Å²) < 4.78 is 29.5. The van der Waals surface area contributed by atoms with E-state index in [-0.39, 0.29) is 16.6 Å². The van der Waals surface area contributed by atoms with Crippen molar-refractivity contribution in [3.8, 4) is 17.1 Å². The molecule has 1 saturated heterocycles. The van der Waals surface area contributed by atoms with Crippen LogP contribution in [0, 0.1) is 0 Å². The van der Waals surface area contributed by atoms with Gasteiger partial charge in [0.05, 0.1) is 10.6 Å². The third-order valence-electron chi connectivity index (χ3n) is 5.22. The number of rotatable bonds is 9. The average Bonchev–Trinajstić information content (AvgIpc) is 3.53. The molecule has 1 amide bonds. The van der Waals surface area contributed by atoms with Gasteiger partial charge in [-0.15, -0.1) is 16.8 Å². The Morgan fingerprint density at radius 1 is 1.09 bits per heavy atom. The van der Waals surface area contributed by atoms with Crippen LogP contribution in [0.5, 0.6) is 0 Å². The topological polar surface area (TPSA) is 97.2 Å². The van der Waals surface area contributed by atoms with Crippen LogP contribution in [0.3, 0.4) is 0 Å². The molecule has 33 heavy (non-hydrogen) atoms. The van der Waals surface area contributed by atoms with Gasteiger partial charge in [-0.2, -0.15) is 4.31 Å². The van der Waals surface area contributed by atoms with Gasteiger partial charge in [0, 0.05) is 30.9 Å². The van der Waals surface area contributed by atoms with Crippen LogP contribution in [0.25, 0.3) is 17.1 Å². The minimum atomic E-state index is -3.56. The Labute approximate surface area is 197 Å². The van der Waals surface area contributed by atoms with Crippen molar-refractivity contribution < 1.29 is 13.2 Å². The number of carbonyl (C=O) groups excluding carboxylic acids is 1. The molecule has 0 unspecified atom stereocenters. The number of nitrogens with one attached hydrogen (secondary N) is 1. The second-order valence-electron chi connectivity index (χ2n) is 7.50. The van der Waals surface area contributed by atoms with Gasteiger partial charge in [-0.1, -0.05) is 48.2 Å². The number of aromatic nitrogens is 3. The SMILES string of the molecule is C=CCNC(=O)CSc1nnc(-c2cccc(S(=O)(=O)N3CCCC3)c2)n1-c1ccccc1. The number of benzene rings is 2. The predicted octanol–water partition coefficient (Wildman–Crippen LogP) is 3.11. The zero-order valence-corrected chi connectivity index (χ0v) is 19.7. The Kier molecular flexibility index (Phi) is 7.26. The summed E-state index contributed by atoms with van der Waals surface area (Å²) in [4.78, 5) is 12.3. The maximum absolute atomic E-state index is 13.1. The monoisotopic (exact) mass is 483 g/mol. The van der Waals surface area contributed by atoms with Crippen molar-refractivity contribution in [2.75, 3.05) is 25.4 Å². The predicted molar refractivity (Wildman–Crippen MR) is 129 cm³/mol. The Morgan fingerprint density at radius 3 is 2.58 bits per heavy atom. The first kappa shape index (κ1) is 23.2. The molecule has 8 nitrogen and oxygen atoms in total. The lowest BCUT2D eigenvalue weighted by Crippen LogP contribution is -2.27. The molecule has 2 aromatic carbocycles. The number of amides is 1. The van der Waals surface area contributed by atoms with Crippen molar-refractivity contribution in [2.45, 2.75) is 22.9 Å². The van der Waals surface area contributed by atoms with Gasteiger partial charge < -0.3 is 5.32 Å². The third kappa shape index (κ3) is 5.18. The quantitative estimate of drug-likeness (QED) is 0.371. The number of sulfonamides is 1. The standard InChI is InChI=1S/C23H25N5O3S2/c1-2-13-24-21(29)17-32-23-26-25-22(28(23)19-10-4-3-5-11-19)18-9-8-12-20(16-18)33(30,31)27-14-6-7-15-27/h2-5,8-12,16H,1,6-7,13-15,17H2,(H,24,29). The molecule has 0 bridgehead atoms. The summed E-state index contributed by atoms with van der Waals surface area (Å²) >= 11 is 1.26. The molecule has 1 aliphatic rings. The summed E-state index contributed by atoms with van der Waals surface area (Å²) in [5, 5.41) is 11.9. The number of thioether (sulfide) groups is 1. The zero-order valence-electron chi connectivity index (χ0n) is 18.1. The van der Waals surface area contributed by atoms with Gasteiger partial charge in [0.15, 0.2) is 11.0 Å². The van der Waals surface area contributed by atoms with Crippen LogP contribution in [0.2, 0.25) is 0 Å². The van der Waals surface area contributed by atoms with Crippen molar-refractivity contribution >= 4 is 27.7 Å². The van der Waals surface area contributed by atoms with E-state index in [4.69, 9.17) is 0 Å². The lowest BCUT2D eigenvalue weighted by Gasteiger charge is -2.16. The van der Waals surface area contributed by atoms with E-state index in [1.807, 2.05) is 41.0 Å². The molecule has 1 fully saturated rings. The fourth-order valence-corrected chi connectivity index (χ4v) is 5.95. The molecule has 0 atom stereocenters. The molecule has 0 saturated carbocycles. The summed E-state index contributed by atoms with van der Waals surface area (Å²) in [6.45, 7) is 5.08. The zero-order chi connectivity index (χ0) is 23.3. The van der Waals surface area contributed by atoms with Crippen molar-refractivity contribution in [3.05, 3.63) is 67.3 Å². The molecule has 1 aromatic heterocycles. The fourth-order valence-electron chi connectivity index (χ4n) is 3.60. The largest absolute Gasteiger partial charge is 0.352 e. The minimum absolute atomic E-state index is 0.136. The highest BCUT2D eigenvalue weighted by atomic mass is 32.2. The van der Waals surface area contributed by atoms with Crippen LogP contribution in [-0.2, 0) is 14.8 Å². The molecule has 0 spiro atoms. The van der Waals surface area contributed by atoms with Gasteiger partial charge in [-0.05, 0) is 37.1 Å². The van der Waals surface area contributed by atoms with Crippen LogP contribution >= 0.6 is 11.8 Å². The van der Waals surface area contributed by atoms with Gasteiger partial charge in [0.2, 0.25) is 15.9 Å². The second kappa shape index (κ2) is 10.3. The summed E-state index contributed by atoms with van der Waals surface area (Å²) in [6, 6.07) is 16.3. The smallest absolute Gasteiger partial charge is 0.243 e. The molecular weight excluding hydrogens is 458 g/mol. The normalized spacial score (nSPS) is 14.3. The highest BCUT2D eigenvalue weighted by Crippen LogP contribution is 2.30. The van der Waals surface area contributed by atoms with Crippen molar-refractivity contribution in [1.82, 2.24) is 24.4 Å². The second-order valence-corrected chi connectivity index (χ2v) is 10.4. The molecular formula is C23H25N5O3S2. The fraction of sp³-hybridized carbons (Fsp3) is 0.261.